The molecule has 18 heavy (non-hydrogen) atoms. The fourth-order valence-electron chi connectivity index (χ4n) is 1.13. The number of carboxylic acids is 1. The molecule has 0 aliphatic heterocycles. The van der Waals surface area contributed by atoms with Crippen molar-refractivity contribution in [3.63, 3.8) is 0 Å². The molecular formula is C9H8N2O7. The second-order valence-electron chi connectivity index (χ2n) is 3.16. The first-order chi connectivity index (χ1) is 8.41. The monoisotopic (exact) mass is 256 g/mol. The van der Waals surface area contributed by atoms with Gasteiger partial charge in [0, 0.05) is 6.07 Å². The van der Waals surface area contributed by atoms with Gasteiger partial charge in [0.1, 0.15) is 0 Å². The minimum atomic E-state index is -1.11. The van der Waals surface area contributed by atoms with E-state index in [9.17, 15) is 25.0 Å². The second-order valence-corrected chi connectivity index (χ2v) is 3.16. The lowest BCUT2D eigenvalue weighted by molar-refractivity contribution is -0.394. The summed E-state index contributed by atoms with van der Waals surface area (Å²) in [5, 5.41) is 29.5. The number of nitrogens with zero attached hydrogens (tertiary/aromatic N) is 2. The highest BCUT2D eigenvalue weighted by molar-refractivity contribution is 5.66. The third kappa shape index (κ3) is 3.40. The van der Waals surface area contributed by atoms with Crippen LogP contribution in [-0.4, -0.2) is 27.5 Å². The van der Waals surface area contributed by atoms with Gasteiger partial charge in [0.25, 0.3) is 5.69 Å². The number of carbonyl (C=O) groups is 1. The Morgan fingerprint density at radius 1 is 1.28 bits per heavy atom. The Morgan fingerprint density at radius 3 is 2.44 bits per heavy atom. The highest BCUT2D eigenvalue weighted by Gasteiger charge is 2.20. The molecule has 1 rings (SSSR count). The minimum Gasteiger partial charge on any atom is -0.486 e. The Kier molecular flexibility index (Phi) is 4.13. The van der Waals surface area contributed by atoms with E-state index in [4.69, 9.17) is 9.84 Å². The number of benzene rings is 1. The summed E-state index contributed by atoms with van der Waals surface area (Å²) >= 11 is 0. The molecule has 0 atom stereocenters. The molecule has 0 saturated carbocycles. The van der Waals surface area contributed by atoms with Gasteiger partial charge in [-0.15, -0.1) is 0 Å². The van der Waals surface area contributed by atoms with Crippen molar-refractivity contribution in [2.75, 3.05) is 6.61 Å². The summed E-state index contributed by atoms with van der Waals surface area (Å²) < 4.78 is 4.90. The van der Waals surface area contributed by atoms with E-state index < -0.39 is 27.2 Å². The van der Waals surface area contributed by atoms with Gasteiger partial charge in [-0.2, -0.15) is 0 Å². The van der Waals surface area contributed by atoms with Gasteiger partial charge < -0.3 is 9.84 Å². The van der Waals surface area contributed by atoms with Crippen molar-refractivity contribution in [2.24, 2.45) is 0 Å². The van der Waals surface area contributed by atoms with Gasteiger partial charge in [0.2, 0.25) is 0 Å². The van der Waals surface area contributed by atoms with Crippen LogP contribution in [0.15, 0.2) is 18.2 Å². The summed E-state index contributed by atoms with van der Waals surface area (Å²) in [6.45, 7) is -0.256. The summed E-state index contributed by atoms with van der Waals surface area (Å²) in [5.41, 5.74) is -1.01. The third-order valence-electron chi connectivity index (χ3n) is 1.92. The lowest BCUT2D eigenvalue weighted by Crippen LogP contribution is -2.06. The smallest absolute Gasteiger partial charge is 0.317 e. The van der Waals surface area contributed by atoms with Crippen molar-refractivity contribution in [3.05, 3.63) is 38.4 Å². The molecule has 0 amide bonds. The topological polar surface area (TPSA) is 133 Å². The molecule has 1 aromatic carbocycles. The van der Waals surface area contributed by atoms with E-state index in [0.29, 0.717) is 0 Å². The maximum Gasteiger partial charge on any atom is 0.317 e. The SMILES string of the molecule is O=C(O)CCOc1ccc([N+](=O)[O-])cc1[N+](=O)[O-]. The number of non-ortho nitro benzene ring substituents is 1. The number of hydrogen-bond donors (Lipinski definition) is 1. The molecule has 0 saturated heterocycles. The predicted molar refractivity (Wildman–Crippen MR) is 57.5 cm³/mol. The predicted octanol–water partition coefficient (Wildman–Crippen LogP) is 1.36. The standard InChI is InChI=1S/C9H8N2O7/c12-9(13)3-4-18-8-2-1-6(10(14)15)5-7(8)11(16)17/h1-2,5H,3-4H2,(H,12,13). The van der Waals surface area contributed by atoms with Crippen LogP contribution in [0.3, 0.4) is 0 Å². The Balaban J connectivity index is 2.93. The number of rotatable bonds is 6. The summed E-state index contributed by atoms with van der Waals surface area (Å²) in [7, 11) is 0. The molecule has 9 heteroatoms. The van der Waals surface area contributed by atoms with Crippen LogP contribution in [0.5, 0.6) is 5.75 Å². The summed E-state index contributed by atoms with van der Waals surface area (Å²) in [6.07, 6.45) is -0.325. The van der Waals surface area contributed by atoms with E-state index in [0.717, 1.165) is 18.2 Å². The van der Waals surface area contributed by atoms with E-state index >= 15 is 0 Å². The highest BCUT2D eigenvalue weighted by atomic mass is 16.6. The molecule has 0 aliphatic rings. The van der Waals surface area contributed by atoms with Crippen molar-refractivity contribution in [1.29, 1.82) is 0 Å². The third-order valence-corrected chi connectivity index (χ3v) is 1.92. The van der Waals surface area contributed by atoms with E-state index in [1.165, 1.54) is 0 Å². The molecule has 0 radical (unpaired) electrons. The zero-order valence-electron chi connectivity index (χ0n) is 8.94. The van der Waals surface area contributed by atoms with Crippen LogP contribution >= 0.6 is 0 Å². The van der Waals surface area contributed by atoms with Crippen molar-refractivity contribution in [3.8, 4) is 5.75 Å². The molecule has 0 spiro atoms. The molecular weight excluding hydrogens is 248 g/mol. The van der Waals surface area contributed by atoms with Crippen molar-refractivity contribution in [2.45, 2.75) is 6.42 Å². The van der Waals surface area contributed by atoms with E-state index in [-0.39, 0.29) is 18.8 Å². The maximum atomic E-state index is 10.7. The summed E-state index contributed by atoms with van der Waals surface area (Å²) in [6, 6.07) is 2.87. The molecule has 9 nitrogen and oxygen atoms in total. The lowest BCUT2D eigenvalue weighted by Gasteiger charge is -2.04. The summed E-state index contributed by atoms with van der Waals surface area (Å²) in [5.74, 6) is -1.31. The van der Waals surface area contributed by atoms with Gasteiger partial charge in [-0.05, 0) is 6.07 Å². The largest absolute Gasteiger partial charge is 0.486 e. The van der Waals surface area contributed by atoms with E-state index in [2.05, 4.69) is 0 Å². The van der Waals surface area contributed by atoms with Gasteiger partial charge in [-0.3, -0.25) is 25.0 Å². The number of hydrogen-bond acceptors (Lipinski definition) is 6. The first-order valence-corrected chi connectivity index (χ1v) is 4.69. The van der Waals surface area contributed by atoms with Crippen LogP contribution < -0.4 is 4.74 Å². The fraction of sp³-hybridized carbons (Fsp3) is 0.222. The average molecular weight is 256 g/mol. The molecule has 1 aromatic rings. The molecule has 0 heterocycles. The molecule has 1 N–H and O–H groups in total. The van der Waals surface area contributed by atoms with Gasteiger partial charge >= 0.3 is 11.7 Å². The number of ether oxygens (including phenoxy) is 1. The van der Waals surface area contributed by atoms with E-state index in [1.54, 1.807) is 0 Å². The average Bonchev–Trinajstić information content (AvgIpc) is 2.28. The molecule has 96 valence electrons. The van der Waals surface area contributed by atoms with Crippen LogP contribution in [0.2, 0.25) is 0 Å². The van der Waals surface area contributed by atoms with Crippen molar-refractivity contribution < 1.29 is 24.5 Å². The molecule has 0 unspecified atom stereocenters. The Labute approximate surface area is 99.9 Å². The maximum absolute atomic E-state index is 10.7. The van der Waals surface area contributed by atoms with Crippen LogP contribution in [0.4, 0.5) is 11.4 Å². The molecule has 0 aliphatic carbocycles. The van der Waals surface area contributed by atoms with Crippen LogP contribution in [0.1, 0.15) is 6.42 Å². The van der Waals surface area contributed by atoms with Crippen LogP contribution in [-0.2, 0) is 4.79 Å². The molecule has 0 fully saturated rings. The first-order valence-electron chi connectivity index (χ1n) is 4.69. The first kappa shape index (κ1) is 13.4. The normalized spacial score (nSPS) is 9.78. The van der Waals surface area contributed by atoms with Gasteiger partial charge in [-0.1, -0.05) is 0 Å². The van der Waals surface area contributed by atoms with Crippen molar-refractivity contribution in [1.82, 2.24) is 0 Å². The minimum absolute atomic E-state index is 0.202. The molecule has 0 aromatic heterocycles. The Bertz CT molecular complexity index is 500. The summed E-state index contributed by atoms with van der Waals surface area (Å²) in [4.78, 5) is 29.8. The van der Waals surface area contributed by atoms with Gasteiger partial charge in [0.15, 0.2) is 5.75 Å². The number of carboxylic acid groups (broad SMARTS) is 1. The number of aliphatic carboxylic acids is 1. The zero-order valence-corrected chi connectivity index (χ0v) is 8.94. The Hall–Kier alpha value is -2.71. The second kappa shape index (κ2) is 5.57. The number of nitro benzene ring substituents is 2. The van der Waals surface area contributed by atoms with Crippen LogP contribution in [0, 0.1) is 20.2 Å². The number of nitro groups is 2. The zero-order chi connectivity index (χ0) is 13.7. The molecule has 0 bridgehead atoms. The van der Waals surface area contributed by atoms with Gasteiger partial charge in [0.05, 0.1) is 28.9 Å². The van der Waals surface area contributed by atoms with Gasteiger partial charge in [-0.25, -0.2) is 0 Å². The van der Waals surface area contributed by atoms with Crippen molar-refractivity contribution >= 4 is 17.3 Å². The Morgan fingerprint density at radius 2 is 1.94 bits per heavy atom. The highest BCUT2D eigenvalue weighted by Crippen LogP contribution is 2.30. The quantitative estimate of drug-likeness (QED) is 0.599. The van der Waals surface area contributed by atoms with Crippen LogP contribution in [0.25, 0.3) is 0 Å². The lowest BCUT2D eigenvalue weighted by atomic mass is 10.2. The van der Waals surface area contributed by atoms with E-state index in [1.807, 2.05) is 0 Å². The fourth-order valence-corrected chi connectivity index (χ4v) is 1.13.